The molecule has 2 unspecified atom stereocenters. The van der Waals surface area contributed by atoms with Crippen molar-refractivity contribution in [2.24, 2.45) is 18.9 Å². The fraction of sp³-hybridized carbons (Fsp3) is 0.652. The molecule has 1 aliphatic rings. The number of nitrogens with zero attached hydrogens (tertiary/aromatic N) is 2. The smallest absolute Gasteiger partial charge is 0.410 e. The molecule has 0 aromatic carbocycles. The van der Waals surface area contributed by atoms with Crippen molar-refractivity contribution in [1.82, 2.24) is 9.47 Å². The van der Waals surface area contributed by atoms with Gasteiger partial charge in [0.2, 0.25) is 0 Å². The maximum atomic E-state index is 12.4. The number of carbonyl (C=O) groups is 1. The first-order valence-corrected chi connectivity index (χ1v) is 11.6. The van der Waals surface area contributed by atoms with E-state index in [0.29, 0.717) is 22.8 Å². The topological polar surface area (TPSA) is 64.7 Å². The van der Waals surface area contributed by atoms with E-state index in [2.05, 4.69) is 22.9 Å². The number of aryl methyl sites for hydroxylation is 2. The van der Waals surface area contributed by atoms with Gasteiger partial charge in [0.15, 0.2) is 5.58 Å². The van der Waals surface area contributed by atoms with E-state index in [0.717, 1.165) is 55.4 Å². The number of fused-ring (bicyclic) bond motifs is 1. The van der Waals surface area contributed by atoms with Crippen LogP contribution in [0.2, 0.25) is 0 Å². The number of ether oxygens (including phenoxy) is 1. The van der Waals surface area contributed by atoms with Gasteiger partial charge in [-0.1, -0.05) is 6.92 Å². The Morgan fingerprint density at radius 3 is 2.73 bits per heavy atom. The summed E-state index contributed by atoms with van der Waals surface area (Å²) in [4.78, 5) is 26.6. The lowest BCUT2D eigenvalue weighted by atomic mass is 9.82. The van der Waals surface area contributed by atoms with E-state index in [1.807, 2.05) is 31.7 Å². The Labute approximate surface area is 186 Å². The number of furan rings is 1. The Kier molecular flexibility index (Phi) is 7.00. The summed E-state index contributed by atoms with van der Waals surface area (Å²) in [5, 5.41) is 0.626. The number of rotatable bonds is 3. The van der Waals surface area contributed by atoms with Crippen LogP contribution in [0, 0.1) is 11.8 Å². The molecule has 6 nitrogen and oxygen atoms in total. The monoisotopic (exact) mass is 480 g/mol. The van der Waals surface area contributed by atoms with Gasteiger partial charge in [0.25, 0.3) is 5.56 Å². The Balaban J connectivity index is 1.60. The van der Waals surface area contributed by atoms with Crippen LogP contribution < -0.4 is 5.56 Å². The molecule has 0 saturated carbocycles. The lowest BCUT2D eigenvalue weighted by Gasteiger charge is -2.33. The van der Waals surface area contributed by atoms with Crippen molar-refractivity contribution in [2.45, 2.75) is 65.4 Å². The molecule has 0 aliphatic carbocycles. The minimum atomic E-state index is -0.462. The van der Waals surface area contributed by atoms with Crippen molar-refractivity contribution in [2.75, 3.05) is 13.1 Å². The average Bonchev–Trinajstić information content (AvgIpc) is 3.06. The second-order valence-electron chi connectivity index (χ2n) is 9.52. The van der Waals surface area contributed by atoms with Gasteiger partial charge in [0.1, 0.15) is 11.4 Å². The second kappa shape index (κ2) is 9.16. The first kappa shape index (κ1) is 22.9. The number of hydrogen-bond donors (Lipinski definition) is 0. The lowest BCUT2D eigenvalue weighted by Crippen LogP contribution is -2.40. The standard InChI is InChI=1S/C23H33BrN2O4/c1-15-10-12-26(22(28)30-23(2,3)4)11-6-7-16(15)8-9-17-13-18-20(29-17)19(24)14-25(5)21(18)27/h13-16H,6-12H2,1-5H3. The first-order valence-electron chi connectivity index (χ1n) is 10.8. The summed E-state index contributed by atoms with van der Waals surface area (Å²) in [6.07, 6.45) is 6.39. The highest BCUT2D eigenvalue weighted by Gasteiger charge is 2.27. The van der Waals surface area contributed by atoms with Gasteiger partial charge in [0, 0.05) is 32.8 Å². The Morgan fingerprint density at radius 2 is 2.03 bits per heavy atom. The zero-order valence-corrected chi connectivity index (χ0v) is 20.3. The van der Waals surface area contributed by atoms with E-state index in [1.165, 1.54) is 0 Å². The van der Waals surface area contributed by atoms with Gasteiger partial charge < -0.3 is 18.6 Å². The molecule has 7 heteroatoms. The van der Waals surface area contributed by atoms with Gasteiger partial charge >= 0.3 is 6.09 Å². The van der Waals surface area contributed by atoms with E-state index in [-0.39, 0.29) is 11.7 Å². The molecule has 30 heavy (non-hydrogen) atoms. The van der Waals surface area contributed by atoms with Crippen LogP contribution in [0.25, 0.3) is 11.0 Å². The fourth-order valence-corrected chi connectivity index (χ4v) is 4.78. The van der Waals surface area contributed by atoms with E-state index < -0.39 is 5.60 Å². The Bertz CT molecular complexity index is 956. The molecule has 3 rings (SSSR count). The number of amides is 1. The number of pyridine rings is 1. The second-order valence-corrected chi connectivity index (χ2v) is 10.4. The van der Waals surface area contributed by atoms with Crippen molar-refractivity contribution in [3.05, 3.63) is 32.8 Å². The molecular formula is C23H33BrN2O4. The number of halogens is 1. The van der Waals surface area contributed by atoms with E-state index in [9.17, 15) is 9.59 Å². The van der Waals surface area contributed by atoms with E-state index >= 15 is 0 Å². The molecule has 2 aromatic heterocycles. The van der Waals surface area contributed by atoms with Crippen LogP contribution in [0.15, 0.2) is 25.9 Å². The van der Waals surface area contributed by atoms with Crippen molar-refractivity contribution in [3.8, 4) is 0 Å². The number of aromatic nitrogens is 1. The summed E-state index contributed by atoms with van der Waals surface area (Å²) in [6, 6.07) is 1.89. The molecule has 3 heterocycles. The van der Waals surface area contributed by atoms with Gasteiger partial charge in [-0.3, -0.25) is 4.79 Å². The number of carbonyl (C=O) groups excluding carboxylic acids is 1. The highest BCUT2D eigenvalue weighted by atomic mass is 79.9. The molecule has 0 bridgehead atoms. The van der Waals surface area contributed by atoms with E-state index in [4.69, 9.17) is 9.15 Å². The van der Waals surface area contributed by atoms with Crippen molar-refractivity contribution < 1.29 is 13.9 Å². The van der Waals surface area contributed by atoms with Gasteiger partial charge in [-0.25, -0.2) is 4.79 Å². The van der Waals surface area contributed by atoms with Crippen LogP contribution in [-0.2, 0) is 18.2 Å². The highest BCUT2D eigenvalue weighted by molar-refractivity contribution is 9.10. The molecule has 2 aromatic rings. The van der Waals surface area contributed by atoms with Gasteiger partial charge in [-0.05, 0) is 80.3 Å². The summed E-state index contributed by atoms with van der Waals surface area (Å²) in [6.45, 7) is 9.46. The molecule has 0 radical (unpaired) electrons. The normalized spacial score (nSPS) is 20.8. The third-order valence-corrected chi connectivity index (χ3v) is 6.50. The Hall–Kier alpha value is -1.76. The van der Waals surface area contributed by atoms with Crippen molar-refractivity contribution in [1.29, 1.82) is 0 Å². The third kappa shape index (κ3) is 5.48. The molecule has 0 N–H and O–H groups in total. The van der Waals surface area contributed by atoms with Crippen molar-refractivity contribution >= 4 is 33.0 Å². The zero-order chi connectivity index (χ0) is 22.1. The summed E-state index contributed by atoms with van der Waals surface area (Å²) in [5.41, 5.74) is 0.132. The third-order valence-electron chi connectivity index (χ3n) is 5.93. The predicted octanol–water partition coefficient (Wildman–Crippen LogP) is 5.50. The molecule has 1 saturated heterocycles. The number of hydrogen-bond acceptors (Lipinski definition) is 4. The van der Waals surface area contributed by atoms with Gasteiger partial charge in [-0.15, -0.1) is 0 Å². The minimum Gasteiger partial charge on any atom is -0.460 e. The van der Waals surface area contributed by atoms with Crippen molar-refractivity contribution in [3.63, 3.8) is 0 Å². The molecule has 1 aliphatic heterocycles. The van der Waals surface area contributed by atoms with Crippen LogP contribution in [-0.4, -0.2) is 34.3 Å². The number of likely N-dealkylation sites (tertiary alicyclic amines) is 1. The molecule has 0 spiro atoms. The summed E-state index contributed by atoms with van der Waals surface area (Å²) in [5.74, 6) is 1.95. The van der Waals surface area contributed by atoms with Gasteiger partial charge in [-0.2, -0.15) is 0 Å². The van der Waals surface area contributed by atoms with E-state index in [1.54, 1.807) is 17.8 Å². The maximum absolute atomic E-state index is 12.4. The molecule has 166 valence electrons. The quantitative estimate of drug-likeness (QED) is 0.581. The SMILES string of the molecule is CC1CCN(C(=O)OC(C)(C)C)CCCC1CCc1cc2c(=O)n(C)cc(Br)c2o1. The molecule has 1 fully saturated rings. The van der Waals surface area contributed by atoms with Crippen LogP contribution in [0.5, 0.6) is 0 Å². The van der Waals surface area contributed by atoms with Crippen LogP contribution >= 0.6 is 15.9 Å². The van der Waals surface area contributed by atoms with Crippen LogP contribution in [0.1, 0.15) is 59.1 Å². The highest BCUT2D eigenvalue weighted by Crippen LogP contribution is 2.31. The molecule has 1 amide bonds. The zero-order valence-electron chi connectivity index (χ0n) is 18.7. The summed E-state index contributed by atoms with van der Waals surface area (Å²) >= 11 is 3.49. The predicted molar refractivity (Wildman–Crippen MR) is 122 cm³/mol. The van der Waals surface area contributed by atoms with Crippen LogP contribution in [0.4, 0.5) is 4.79 Å². The Morgan fingerprint density at radius 1 is 1.30 bits per heavy atom. The molecular weight excluding hydrogens is 448 g/mol. The first-order chi connectivity index (χ1) is 14.0. The minimum absolute atomic E-state index is 0.0373. The lowest BCUT2D eigenvalue weighted by molar-refractivity contribution is 0.0210. The van der Waals surface area contributed by atoms with Gasteiger partial charge in [0.05, 0.1) is 9.86 Å². The largest absolute Gasteiger partial charge is 0.460 e. The van der Waals surface area contributed by atoms with Crippen LogP contribution in [0.3, 0.4) is 0 Å². The molecule has 2 atom stereocenters. The summed E-state index contributed by atoms with van der Waals surface area (Å²) < 4.78 is 13.9. The summed E-state index contributed by atoms with van der Waals surface area (Å²) in [7, 11) is 1.75. The maximum Gasteiger partial charge on any atom is 0.410 e. The average molecular weight is 481 g/mol. The fourth-order valence-electron chi connectivity index (χ4n) is 4.18.